The molecular formula is C12H12F2OS2. The van der Waals surface area contributed by atoms with Crippen molar-refractivity contribution >= 4 is 29.3 Å². The molecule has 17 heavy (non-hydrogen) atoms. The molecule has 2 atom stereocenters. The molecule has 2 rings (SSSR count). The van der Waals surface area contributed by atoms with Gasteiger partial charge in [0.2, 0.25) is 0 Å². The lowest BCUT2D eigenvalue weighted by Gasteiger charge is -2.26. The van der Waals surface area contributed by atoms with E-state index in [0.717, 1.165) is 23.6 Å². The monoisotopic (exact) mass is 274 g/mol. The van der Waals surface area contributed by atoms with Crippen LogP contribution in [-0.4, -0.2) is 27.8 Å². The fourth-order valence-electron chi connectivity index (χ4n) is 1.80. The average Bonchev–Trinajstić information content (AvgIpc) is 2.29. The van der Waals surface area contributed by atoms with Crippen molar-refractivity contribution in [1.29, 1.82) is 0 Å². The summed E-state index contributed by atoms with van der Waals surface area (Å²) in [5.41, 5.74) is -0.389. The minimum Gasteiger partial charge on any atom is -0.293 e. The summed E-state index contributed by atoms with van der Waals surface area (Å²) >= 11 is 3.16. The molecule has 1 aromatic rings. The molecule has 0 bridgehead atoms. The van der Waals surface area contributed by atoms with Gasteiger partial charge in [0.15, 0.2) is 5.78 Å². The molecule has 1 saturated heterocycles. The smallest absolute Gasteiger partial charge is 0.182 e. The second-order valence-electron chi connectivity index (χ2n) is 3.83. The van der Waals surface area contributed by atoms with Crippen LogP contribution in [0.4, 0.5) is 8.78 Å². The number of carbonyl (C=O) groups excluding carboxylic acids is 1. The molecule has 92 valence electrons. The zero-order valence-electron chi connectivity index (χ0n) is 9.28. The molecule has 0 radical (unpaired) electrons. The number of rotatable bonds is 2. The van der Waals surface area contributed by atoms with Crippen LogP contribution in [0.3, 0.4) is 0 Å². The van der Waals surface area contributed by atoms with E-state index in [4.69, 9.17) is 0 Å². The van der Waals surface area contributed by atoms with Gasteiger partial charge in [0.1, 0.15) is 11.6 Å². The molecule has 1 nitrogen and oxygen atoms in total. The van der Waals surface area contributed by atoms with Gasteiger partial charge in [-0.15, -0.1) is 11.8 Å². The molecule has 0 aromatic heterocycles. The summed E-state index contributed by atoms with van der Waals surface area (Å²) in [5.74, 6) is -0.126. The molecule has 0 aliphatic carbocycles. The maximum Gasteiger partial charge on any atom is 0.182 e. The van der Waals surface area contributed by atoms with E-state index in [1.807, 2.05) is 6.92 Å². The van der Waals surface area contributed by atoms with Crippen molar-refractivity contribution < 1.29 is 13.6 Å². The Kier molecular flexibility index (Phi) is 4.09. The fraction of sp³-hybridized carbons (Fsp3) is 0.417. The number of hydrogen-bond donors (Lipinski definition) is 0. The van der Waals surface area contributed by atoms with Crippen molar-refractivity contribution in [3.05, 3.63) is 35.4 Å². The number of carbonyl (C=O) groups is 1. The number of benzene rings is 1. The molecular weight excluding hydrogens is 262 g/mol. The van der Waals surface area contributed by atoms with Gasteiger partial charge in [-0.1, -0.05) is 13.0 Å². The molecule has 1 aliphatic rings. The highest BCUT2D eigenvalue weighted by Gasteiger charge is 2.32. The number of thioether (sulfide) groups is 2. The molecule has 0 saturated carbocycles. The first kappa shape index (κ1) is 12.9. The normalized spacial score (nSPS) is 24.6. The van der Waals surface area contributed by atoms with Gasteiger partial charge in [-0.05, 0) is 12.1 Å². The van der Waals surface area contributed by atoms with Gasteiger partial charge in [-0.25, -0.2) is 8.78 Å². The molecule has 2 unspecified atom stereocenters. The lowest BCUT2D eigenvalue weighted by atomic mass is 10.1. The summed E-state index contributed by atoms with van der Waals surface area (Å²) in [7, 11) is 0. The van der Waals surface area contributed by atoms with Gasteiger partial charge in [-0.2, -0.15) is 11.8 Å². The highest BCUT2D eigenvalue weighted by Crippen LogP contribution is 2.33. The van der Waals surface area contributed by atoms with Crippen LogP contribution in [0.25, 0.3) is 0 Å². The van der Waals surface area contributed by atoms with Crippen molar-refractivity contribution in [3.8, 4) is 0 Å². The Hall–Kier alpha value is -0.550. The largest absolute Gasteiger partial charge is 0.293 e. The van der Waals surface area contributed by atoms with E-state index in [1.54, 1.807) is 11.8 Å². The number of Topliss-reactive ketones (excluding diaryl/α,β-unsaturated/α-hetero) is 1. The van der Waals surface area contributed by atoms with Crippen LogP contribution in [-0.2, 0) is 0 Å². The Balaban J connectivity index is 2.30. The van der Waals surface area contributed by atoms with Crippen LogP contribution in [0.1, 0.15) is 17.3 Å². The number of hydrogen-bond acceptors (Lipinski definition) is 3. The van der Waals surface area contributed by atoms with Gasteiger partial charge in [0, 0.05) is 16.8 Å². The van der Waals surface area contributed by atoms with E-state index in [9.17, 15) is 13.6 Å². The summed E-state index contributed by atoms with van der Waals surface area (Å²) in [6, 6.07) is 3.52. The summed E-state index contributed by atoms with van der Waals surface area (Å²) < 4.78 is 27.0. The van der Waals surface area contributed by atoms with Crippen LogP contribution in [0.15, 0.2) is 18.2 Å². The molecule has 0 spiro atoms. The summed E-state index contributed by atoms with van der Waals surface area (Å²) in [4.78, 5) is 12.1. The molecule has 1 aromatic carbocycles. The second-order valence-corrected chi connectivity index (χ2v) is 6.56. The van der Waals surface area contributed by atoms with Gasteiger partial charge >= 0.3 is 0 Å². The first-order valence-corrected chi connectivity index (χ1v) is 7.42. The molecule has 1 aliphatic heterocycles. The quantitative estimate of drug-likeness (QED) is 0.770. The molecule has 5 heteroatoms. The van der Waals surface area contributed by atoms with Crippen LogP contribution >= 0.6 is 23.5 Å². The van der Waals surface area contributed by atoms with Crippen molar-refractivity contribution in [2.75, 3.05) is 11.5 Å². The van der Waals surface area contributed by atoms with E-state index in [1.165, 1.54) is 17.8 Å². The van der Waals surface area contributed by atoms with Gasteiger partial charge in [0.25, 0.3) is 0 Å². The molecule has 1 fully saturated rings. The summed E-state index contributed by atoms with van der Waals surface area (Å²) in [6.45, 7) is 1.93. The summed E-state index contributed by atoms with van der Waals surface area (Å²) in [5, 5.41) is -0.250. The van der Waals surface area contributed by atoms with Gasteiger partial charge in [-0.3, -0.25) is 4.79 Å². The standard InChI is InChI=1S/C12H12F2OS2/c1-7-12(17-6-5-16-7)11(15)10-8(13)3-2-4-9(10)14/h2-4,7,12H,5-6H2,1H3. The average molecular weight is 274 g/mol. The number of ketones is 1. The SMILES string of the molecule is CC1SCCSC1C(=O)c1c(F)cccc1F. The van der Waals surface area contributed by atoms with Crippen molar-refractivity contribution in [2.24, 2.45) is 0 Å². The van der Waals surface area contributed by atoms with Crippen LogP contribution in [0.5, 0.6) is 0 Å². The topological polar surface area (TPSA) is 17.1 Å². The van der Waals surface area contributed by atoms with E-state index in [0.29, 0.717) is 0 Å². The van der Waals surface area contributed by atoms with Gasteiger partial charge < -0.3 is 0 Å². The molecule has 0 N–H and O–H groups in total. The van der Waals surface area contributed by atoms with Crippen LogP contribution < -0.4 is 0 Å². The van der Waals surface area contributed by atoms with Crippen molar-refractivity contribution in [3.63, 3.8) is 0 Å². The highest BCUT2D eigenvalue weighted by molar-refractivity contribution is 8.07. The minimum absolute atomic E-state index is 0.0975. The predicted octanol–water partition coefficient (Wildman–Crippen LogP) is 3.38. The van der Waals surface area contributed by atoms with Crippen LogP contribution in [0.2, 0.25) is 0 Å². The third-order valence-corrected chi connectivity index (χ3v) is 5.75. The second kappa shape index (κ2) is 5.40. The lowest BCUT2D eigenvalue weighted by molar-refractivity contribution is 0.0981. The third-order valence-electron chi connectivity index (χ3n) is 2.66. The first-order chi connectivity index (χ1) is 8.11. The Morgan fingerprint density at radius 1 is 1.24 bits per heavy atom. The van der Waals surface area contributed by atoms with Crippen molar-refractivity contribution in [2.45, 2.75) is 17.4 Å². The fourth-order valence-corrected chi connectivity index (χ4v) is 4.50. The predicted molar refractivity (Wildman–Crippen MR) is 68.9 cm³/mol. The Morgan fingerprint density at radius 3 is 2.41 bits per heavy atom. The highest BCUT2D eigenvalue weighted by atomic mass is 32.2. The summed E-state index contributed by atoms with van der Waals surface area (Å²) in [6.07, 6.45) is 0. The van der Waals surface area contributed by atoms with E-state index in [-0.39, 0.29) is 16.1 Å². The Bertz CT molecular complexity index is 416. The van der Waals surface area contributed by atoms with Crippen LogP contribution in [0, 0.1) is 11.6 Å². The lowest BCUT2D eigenvalue weighted by Crippen LogP contribution is -2.32. The first-order valence-electron chi connectivity index (χ1n) is 5.32. The third kappa shape index (κ3) is 2.65. The van der Waals surface area contributed by atoms with E-state index in [2.05, 4.69) is 0 Å². The minimum atomic E-state index is -0.765. The zero-order chi connectivity index (χ0) is 12.4. The Labute approximate surface area is 107 Å². The van der Waals surface area contributed by atoms with E-state index >= 15 is 0 Å². The maximum atomic E-state index is 13.5. The maximum absolute atomic E-state index is 13.5. The van der Waals surface area contributed by atoms with E-state index < -0.39 is 17.4 Å². The zero-order valence-corrected chi connectivity index (χ0v) is 10.9. The molecule has 0 amide bonds. The van der Waals surface area contributed by atoms with Gasteiger partial charge in [0.05, 0.1) is 10.8 Å². The van der Waals surface area contributed by atoms with Crippen molar-refractivity contribution in [1.82, 2.24) is 0 Å². The number of halogens is 2. The Morgan fingerprint density at radius 2 is 1.82 bits per heavy atom. The molecule has 1 heterocycles.